The second-order valence-corrected chi connectivity index (χ2v) is 11.4. The first-order chi connectivity index (χ1) is 15.2. The predicted molar refractivity (Wildman–Crippen MR) is 126 cm³/mol. The standard InChI is InChI=1S/C26H34ClN3O2/c1-25-12-10-20-18(6-8-21-26(20,2)13-11-24(32)30(21)3)19(25)7-4-16(25)14-23(31)29-17-5-9-22(27)28-15-17/h5,9,11,13,15-16,18-21H,4,6-8,10,12,14H2,1-3H3,(H,29,31)/t16-,18?,19?,20?,21?,25-,26-/m1/s1. The summed E-state index contributed by atoms with van der Waals surface area (Å²) in [6.45, 7) is 4.83. The molecule has 3 saturated carbocycles. The summed E-state index contributed by atoms with van der Waals surface area (Å²) in [5, 5.41) is 3.44. The molecule has 0 radical (unpaired) electrons. The third-order valence-corrected chi connectivity index (χ3v) is 9.99. The zero-order valence-electron chi connectivity index (χ0n) is 19.3. The van der Waals surface area contributed by atoms with E-state index >= 15 is 0 Å². The minimum Gasteiger partial charge on any atom is -0.338 e. The van der Waals surface area contributed by atoms with Crippen molar-refractivity contribution in [3.05, 3.63) is 35.6 Å². The topological polar surface area (TPSA) is 62.3 Å². The van der Waals surface area contributed by atoms with Gasteiger partial charge in [0.15, 0.2) is 0 Å². The Kier molecular flexibility index (Phi) is 5.39. The molecule has 0 bridgehead atoms. The Labute approximate surface area is 196 Å². The Morgan fingerprint density at radius 2 is 2.00 bits per heavy atom. The molecule has 4 unspecified atom stereocenters. The molecule has 172 valence electrons. The summed E-state index contributed by atoms with van der Waals surface area (Å²) in [7, 11) is 1.97. The van der Waals surface area contributed by atoms with Gasteiger partial charge in [-0.15, -0.1) is 0 Å². The van der Waals surface area contributed by atoms with Crippen molar-refractivity contribution in [2.75, 3.05) is 12.4 Å². The van der Waals surface area contributed by atoms with Gasteiger partial charge in [0.2, 0.25) is 11.8 Å². The van der Waals surface area contributed by atoms with E-state index in [9.17, 15) is 9.59 Å². The maximum atomic E-state index is 12.8. The van der Waals surface area contributed by atoms with E-state index in [2.05, 4.69) is 30.2 Å². The van der Waals surface area contributed by atoms with Crippen LogP contribution in [0.4, 0.5) is 5.69 Å². The Hall–Kier alpha value is -1.88. The van der Waals surface area contributed by atoms with Crippen LogP contribution in [0.5, 0.6) is 0 Å². The lowest BCUT2D eigenvalue weighted by Gasteiger charge is -2.60. The van der Waals surface area contributed by atoms with Gasteiger partial charge < -0.3 is 10.2 Å². The summed E-state index contributed by atoms with van der Waals surface area (Å²) in [5.41, 5.74) is 1.00. The van der Waals surface area contributed by atoms with Crippen LogP contribution in [0.2, 0.25) is 5.15 Å². The Morgan fingerprint density at radius 1 is 1.19 bits per heavy atom. The first-order valence-electron chi connectivity index (χ1n) is 12.1. The summed E-state index contributed by atoms with van der Waals surface area (Å²) in [6, 6.07) is 3.82. The van der Waals surface area contributed by atoms with Crippen LogP contribution < -0.4 is 5.32 Å². The quantitative estimate of drug-likeness (QED) is 0.627. The zero-order valence-corrected chi connectivity index (χ0v) is 20.1. The summed E-state index contributed by atoms with van der Waals surface area (Å²) in [6.07, 6.45) is 13.2. The van der Waals surface area contributed by atoms with Gasteiger partial charge in [-0.1, -0.05) is 31.5 Å². The molecule has 1 aromatic rings. The third-order valence-electron chi connectivity index (χ3n) is 9.77. The van der Waals surface area contributed by atoms with Crippen molar-refractivity contribution in [3.8, 4) is 0 Å². The molecular formula is C26H34ClN3O2. The number of fused-ring (bicyclic) bond motifs is 5. The lowest BCUT2D eigenvalue weighted by molar-refractivity contribution is -0.139. The van der Waals surface area contributed by atoms with Gasteiger partial charge in [-0.05, 0) is 85.8 Å². The second kappa shape index (κ2) is 7.86. The molecular weight excluding hydrogens is 422 g/mol. The molecule has 0 spiro atoms. The molecule has 5 nitrogen and oxygen atoms in total. The number of nitrogens with zero attached hydrogens (tertiary/aromatic N) is 2. The minimum atomic E-state index is 0.0734. The van der Waals surface area contributed by atoms with Crippen molar-refractivity contribution >= 4 is 29.1 Å². The fraction of sp³-hybridized carbons (Fsp3) is 0.654. The van der Waals surface area contributed by atoms with Gasteiger partial charge in [0.1, 0.15) is 5.15 Å². The average molecular weight is 456 g/mol. The Morgan fingerprint density at radius 3 is 2.75 bits per heavy atom. The fourth-order valence-corrected chi connectivity index (χ4v) is 8.18. The van der Waals surface area contributed by atoms with Crippen LogP contribution in [0.1, 0.15) is 58.8 Å². The second-order valence-electron chi connectivity index (χ2n) is 11.1. The van der Waals surface area contributed by atoms with Crippen LogP contribution in [0, 0.1) is 34.5 Å². The fourth-order valence-electron chi connectivity index (χ4n) is 8.07. The number of carbonyl (C=O) groups is 2. The van der Waals surface area contributed by atoms with Crippen molar-refractivity contribution in [1.82, 2.24) is 9.88 Å². The minimum absolute atomic E-state index is 0.0734. The SMILES string of the molecule is CN1C(=O)C=C[C@]2(C)C3CC[C@@]4(C)C(CC[C@@H]4CC(=O)Nc4ccc(Cl)nc4)C3CCC12. The van der Waals surface area contributed by atoms with Gasteiger partial charge in [-0.3, -0.25) is 9.59 Å². The van der Waals surface area contributed by atoms with E-state index in [1.165, 1.54) is 25.7 Å². The molecule has 3 fully saturated rings. The number of rotatable bonds is 3. The third kappa shape index (κ3) is 3.39. The predicted octanol–water partition coefficient (Wildman–Crippen LogP) is 5.32. The molecule has 5 rings (SSSR count). The Bertz CT molecular complexity index is 947. The van der Waals surface area contributed by atoms with E-state index in [0.717, 1.165) is 12.8 Å². The van der Waals surface area contributed by atoms with Gasteiger partial charge in [0.25, 0.3) is 0 Å². The monoisotopic (exact) mass is 455 g/mol. The van der Waals surface area contributed by atoms with E-state index in [4.69, 9.17) is 11.6 Å². The van der Waals surface area contributed by atoms with Crippen molar-refractivity contribution in [1.29, 1.82) is 0 Å². The number of likely N-dealkylation sites (N-methyl/N-ethyl adjacent to an activating group) is 1. The molecule has 1 aromatic heterocycles. The molecule has 0 aromatic carbocycles. The summed E-state index contributed by atoms with van der Waals surface area (Å²) in [4.78, 5) is 31.2. The van der Waals surface area contributed by atoms with E-state index in [-0.39, 0.29) is 22.6 Å². The number of pyridine rings is 1. The van der Waals surface area contributed by atoms with E-state index in [1.807, 2.05) is 11.9 Å². The molecule has 4 aliphatic rings. The largest absolute Gasteiger partial charge is 0.338 e. The molecule has 1 aliphatic heterocycles. The first-order valence-corrected chi connectivity index (χ1v) is 12.5. The molecule has 2 heterocycles. The van der Waals surface area contributed by atoms with Crippen molar-refractivity contribution in [2.45, 2.75) is 64.8 Å². The molecule has 2 amide bonds. The highest BCUT2D eigenvalue weighted by atomic mass is 35.5. The van der Waals surface area contributed by atoms with Gasteiger partial charge in [0.05, 0.1) is 11.9 Å². The van der Waals surface area contributed by atoms with Gasteiger partial charge in [0, 0.05) is 24.9 Å². The van der Waals surface area contributed by atoms with Crippen molar-refractivity contribution < 1.29 is 9.59 Å². The van der Waals surface area contributed by atoms with Crippen LogP contribution in [-0.2, 0) is 9.59 Å². The number of hydrogen-bond donors (Lipinski definition) is 1. The van der Waals surface area contributed by atoms with Crippen LogP contribution in [0.15, 0.2) is 30.5 Å². The zero-order chi connectivity index (χ0) is 22.7. The van der Waals surface area contributed by atoms with Crippen LogP contribution in [0.3, 0.4) is 0 Å². The number of anilines is 1. The summed E-state index contributed by atoms with van der Waals surface area (Å²) < 4.78 is 0. The number of carbonyl (C=O) groups excluding carboxylic acids is 2. The van der Waals surface area contributed by atoms with Crippen molar-refractivity contribution in [2.24, 2.45) is 34.5 Å². The van der Waals surface area contributed by atoms with Crippen LogP contribution >= 0.6 is 11.6 Å². The first kappa shape index (κ1) is 21.9. The maximum absolute atomic E-state index is 12.8. The van der Waals surface area contributed by atoms with E-state index in [0.29, 0.717) is 47.0 Å². The highest BCUT2D eigenvalue weighted by Gasteiger charge is 2.60. The highest BCUT2D eigenvalue weighted by molar-refractivity contribution is 6.29. The van der Waals surface area contributed by atoms with Gasteiger partial charge >= 0.3 is 0 Å². The summed E-state index contributed by atoms with van der Waals surface area (Å²) >= 11 is 5.86. The highest BCUT2D eigenvalue weighted by Crippen LogP contribution is 2.65. The lowest BCUT2D eigenvalue weighted by Crippen LogP contribution is -2.59. The Balaban J connectivity index is 1.31. The lowest BCUT2D eigenvalue weighted by atomic mass is 9.47. The molecule has 6 heteroatoms. The average Bonchev–Trinajstić information content (AvgIpc) is 3.09. The molecule has 32 heavy (non-hydrogen) atoms. The molecule has 3 aliphatic carbocycles. The van der Waals surface area contributed by atoms with Gasteiger partial charge in [-0.2, -0.15) is 0 Å². The maximum Gasteiger partial charge on any atom is 0.246 e. The van der Waals surface area contributed by atoms with E-state index < -0.39 is 0 Å². The molecule has 0 saturated heterocycles. The number of amides is 2. The number of aromatic nitrogens is 1. The molecule has 1 N–H and O–H groups in total. The van der Waals surface area contributed by atoms with E-state index in [1.54, 1.807) is 24.4 Å². The normalized spacial score (nSPS) is 40.4. The number of halogens is 1. The number of nitrogens with one attached hydrogen (secondary N) is 1. The van der Waals surface area contributed by atoms with Gasteiger partial charge in [-0.25, -0.2) is 4.98 Å². The van der Waals surface area contributed by atoms with Crippen LogP contribution in [-0.4, -0.2) is 34.8 Å². The van der Waals surface area contributed by atoms with Crippen LogP contribution in [0.25, 0.3) is 0 Å². The molecule has 7 atom stereocenters. The number of hydrogen-bond acceptors (Lipinski definition) is 3. The smallest absolute Gasteiger partial charge is 0.246 e. The summed E-state index contributed by atoms with van der Waals surface area (Å²) in [5.74, 6) is 2.63. The van der Waals surface area contributed by atoms with Crippen molar-refractivity contribution in [3.63, 3.8) is 0 Å².